The number of hydrogen-bond acceptors (Lipinski definition) is 18. The van der Waals surface area contributed by atoms with Gasteiger partial charge in [0.05, 0.1) is 0 Å². The molecule has 7 aromatic carbocycles. The molecule has 9 aromatic rings. The third-order valence-electron chi connectivity index (χ3n) is 15.8. The molecule has 2 aliphatic heterocycles. The van der Waals surface area contributed by atoms with Crippen molar-refractivity contribution in [1.29, 1.82) is 21.0 Å². The average molecular weight is 1240 g/mol. The second-order valence-corrected chi connectivity index (χ2v) is 23.4. The molecular formula is C74H42N4O12S2. The van der Waals surface area contributed by atoms with Crippen LogP contribution in [0.15, 0.2) is 216 Å². The Kier molecular flexibility index (Phi) is 15.5. The standard InChI is InChI=1S/C74H42N4O12S2/c75-35-47(36-76)63-51-25-13-15-27-53(51)65(79)57(63)29-49-31-59-67(91-49)55-34-62-56(33-61(55)89-73(59,69(81)85-39-43-17-5-1-6-18-43)70(82)86-40-44-19-7-2-8-20-44)68-60(32-50(92-68)30-58-64(48(37-77)38-78)52-26-14-16-28-54(52)66(58)80)74(90-62,71(83)87-41-45-21-9-3-10-22-45)72(84)88-42-46-23-11-4-12-24-46/h1-34H,39-42H2/b57-29-,58-30-. The minimum atomic E-state index is -2.80. The fraction of sp³-hybridized carbons (Fsp3) is 0.0811. The lowest BCUT2D eigenvalue weighted by Gasteiger charge is -2.37. The number of thiophene rings is 2. The van der Waals surface area contributed by atoms with Crippen LogP contribution in [0.2, 0.25) is 0 Å². The summed E-state index contributed by atoms with van der Waals surface area (Å²) in [6.07, 6.45) is 2.91. The van der Waals surface area contributed by atoms with Gasteiger partial charge in [-0.3, -0.25) is 9.59 Å². The Bertz CT molecular complexity index is 4480. The van der Waals surface area contributed by atoms with E-state index in [1.807, 2.05) is 24.3 Å². The van der Waals surface area contributed by atoms with E-state index >= 15 is 19.2 Å². The van der Waals surface area contributed by atoms with Crippen molar-refractivity contribution < 1.29 is 57.2 Å². The van der Waals surface area contributed by atoms with Crippen molar-refractivity contribution in [2.45, 2.75) is 37.6 Å². The molecule has 13 rings (SSSR count). The summed E-state index contributed by atoms with van der Waals surface area (Å²) in [5.74, 6) is -6.12. The van der Waals surface area contributed by atoms with E-state index in [0.717, 1.165) is 22.7 Å². The second kappa shape index (κ2) is 24.3. The Labute approximate surface area is 532 Å². The van der Waals surface area contributed by atoms with Crippen LogP contribution in [-0.2, 0) is 75.8 Å². The van der Waals surface area contributed by atoms with Crippen molar-refractivity contribution in [3.63, 3.8) is 0 Å². The Balaban J connectivity index is 1.05. The third-order valence-corrected chi connectivity index (χ3v) is 18.0. The maximum atomic E-state index is 15.5. The molecule has 2 aliphatic carbocycles. The molecule has 0 saturated heterocycles. The largest absolute Gasteiger partial charge is 0.459 e. The van der Waals surface area contributed by atoms with Gasteiger partial charge in [-0.15, -0.1) is 22.7 Å². The molecule has 0 amide bonds. The molecule has 2 aromatic heterocycles. The molecule has 0 N–H and O–H groups in total. The number of ketones is 2. The molecule has 16 nitrogen and oxygen atoms in total. The van der Waals surface area contributed by atoms with Gasteiger partial charge in [-0.2, -0.15) is 21.0 Å². The zero-order valence-corrected chi connectivity index (χ0v) is 49.6. The Hall–Kier alpha value is -12.3. The van der Waals surface area contributed by atoms with Crippen LogP contribution in [0.4, 0.5) is 0 Å². The minimum Gasteiger partial charge on any atom is -0.459 e. The van der Waals surface area contributed by atoms with Crippen molar-refractivity contribution in [1.82, 2.24) is 0 Å². The summed E-state index contributed by atoms with van der Waals surface area (Å²) in [4.78, 5) is 91.9. The second-order valence-electron chi connectivity index (χ2n) is 21.3. The highest BCUT2D eigenvalue weighted by molar-refractivity contribution is 7.17. The monoisotopic (exact) mass is 1240 g/mol. The zero-order chi connectivity index (χ0) is 63.7. The number of ether oxygens (including phenoxy) is 6. The van der Waals surface area contributed by atoms with Crippen LogP contribution in [0.5, 0.6) is 11.5 Å². The molecule has 442 valence electrons. The van der Waals surface area contributed by atoms with E-state index in [0.29, 0.717) is 33.4 Å². The van der Waals surface area contributed by atoms with E-state index in [4.69, 9.17) is 28.4 Å². The van der Waals surface area contributed by atoms with Gasteiger partial charge in [-0.05, 0) is 69.8 Å². The van der Waals surface area contributed by atoms with Crippen LogP contribution in [0.25, 0.3) is 44.2 Å². The number of benzene rings is 7. The number of fused-ring (bicyclic) bond motifs is 8. The maximum Gasteiger partial charge on any atom is 0.367 e. The van der Waals surface area contributed by atoms with Crippen molar-refractivity contribution in [3.05, 3.63) is 282 Å². The van der Waals surface area contributed by atoms with Gasteiger partial charge in [0.1, 0.15) is 73.3 Å². The first kappa shape index (κ1) is 58.7. The normalized spacial score (nSPS) is 14.8. The van der Waals surface area contributed by atoms with Gasteiger partial charge in [0.25, 0.3) is 0 Å². The van der Waals surface area contributed by atoms with Gasteiger partial charge in [-0.1, -0.05) is 170 Å². The van der Waals surface area contributed by atoms with Crippen LogP contribution in [0, 0.1) is 45.3 Å². The van der Waals surface area contributed by atoms with Crippen molar-refractivity contribution in [2.75, 3.05) is 0 Å². The van der Waals surface area contributed by atoms with Crippen LogP contribution < -0.4 is 9.47 Å². The van der Waals surface area contributed by atoms with Gasteiger partial charge in [0, 0.05) is 75.2 Å². The first-order valence-electron chi connectivity index (χ1n) is 28.4. The molecule has 92 heavy (non-hydrogen) atoms. The molecule has 0 atom stereocenters. The average Bonchev–Trinajstić information content (AvgIpc) is 1.29. The molecule has 4 aliphatic rings. The van der Waals surface area contributed by atoms with Gasteiger partial charge in [-0.25, -0.2) is 19.2 Å². The molecule has 0 fully saturated rings. The number of Topliss-reactive ketones (excluding diaryl/α,β-unsaturated/α-hetero) is 2. The molecule has 0 unspecified atom stereocenters. The van der Waals surface area contributed by atoms with Gasteiger partial charge in [0.2, 0.25) is 0 Å². The molecular weight excluding hydrogens is 1200 g/mol. The number of carbonyl (C=O) groups is 6. The summed E-state index contributed by atoms with van der Waals surface area (Å²) < 4.78 is 38.2. The first-order chi connectivity index (χ1) is 44.9. The Morgan fingerprint density at radius 1 is 0.391 bits per heavy atom. The lowest BCUT2D eigenvalue weighted by molar-refractivity contribution is -0.185. The minimum absolute atomic E-state index is 0.0344. The highest BCUT2D eigenvalue weighted by atomic mass is 32.1. The summed E-state index contributed by atoms with van der Waals surface area (Å²) in [6.45, 7) is -1.34. The quantitative estimate of drug-likeness (QED) is 0.0322. The molecule has 0 bridgehead atoms. The summed E-state index contributed by atoms with van der Waals surface area (Å²) in [5, 5.41) is 41.1. The summed E-state index contributed by atoms with van der Waals surface area (Å²) >= 11 is 1.97. The molecule has 0 saturated carbocycles. The van der Waals surface area contributed by atoms with E-state index in [9.17, 15) is 30.6 Å². The van der Waals surface area contributed by atoms with Crippen LogP contribution in [0.1, 0.15) is 75.0 Å². The van der Waals surface area contributed by atoms with E-state index in [1.54, 1.807) is 170 Å². The first-order valence-corrected chi connectivity index (χ1v) is 30.0. The molecule has 18 heteroatoms. The molecule has 0 radical (unpaired) electrons. The summed E-state index contributed by atoms with van der Waals surface area (Å²) in [6, 6.07) is 61.4. The summed E-state index contributed by atoms with van der Waals surface area (Å²) in [5.41, 5.74) is -2.81. The van der Waals surface area contributed by atoms with Crippen LogP contribution in [0.3, 0.4) is 0 Å². The SMILES string of the molecule is N#CC(C#N)=C1/C(=C/c2cc3c(s2)-c2cc4c(cc2OC3(C(=O)OCc2ccccc2)C(=O)OCc2ccccc2)-c2sc(/C=C3\C(=O)c5ccccc5C3=C(C#N)C#N)cc2C(C(=O)OCc2ccccc2)(C(=O)OCc2ccccc2)O4)C(=O)c2ccccc21. The zero-order valence-electron chi connectivity index (χ0n) is 48.0. The van der Waals surface area contributed by atoms with Gasteiger partial charge < -0.3 is 28.4 Å². The lowest BCUT2D eigenvalue weighted by atomic mass is 9.85. The Morgan fingerprint density at radius 2 is 0.674 bits per heavy atom. The number of esters is 4. The van der Waals surface area contributed by atoms with Crippen molar-refractivity contribution in [3.8, 4) is 56.7 Å². The number of nitriles is 4. The number of nitrogens with zero attached hydrogens (tertiary/aromatic N) is 4. The van der Waals surface area contributed by atoms with Gasteiger partial charge in [0.15, 0.2) is 11.6 Å². The Morgan fingerprint density at radius 3 is 0.967 bits per heavy atom. The molecule has 4 heterocycles. The van der Waals surface area contributed by atoms with E-state index < -0.39 is 46.6 Å². The van der Waals surface area contributed by atoms with Crippen molar-refractivity contribution >= 4 is 81.4 Å². The highest BCUT2D eigenvalue weighted by Gasteiger charge is 2.61. The van der Waals surface area contributed by atoms with Crippen LogP contribution in [-0.4, -0.2) is 35.4 Å². The highest BCUT2D eigenvalue weighted by Crippen LogP contribution is 2.59. The number of allylic oxidation sites excluding steroid dienone is 6. The van der Waals surface area contributed by atoms with E-state index in [-0.39, 0.29) is 124 Å². The fourth-order valence-electron chi connectivity index (χ4n) is 11.5. The maximum absolute atomic E-state index is 15.5. The predicted molar refractivity (Wildman–Crippen MR) is 336 cm³/mol. The van der Waals surface area contributed by atoms with Crippen LogP contribution >= 0.6 is 22.7 Å². The van der Waals surface area contributed by atoms with E-state index in [1.165, 1.54) is 36.4 Å². The topological polar surface area (TPSA) is 253 Å². The fourth-order valence-corrected chi connectivity index (χ4v) is 13.8. The van der Waals surface area contributed by atoms with E-state index in [2.05, 4.69) is 0 Å². The summed E-state index contributed by atoms with van der Waals surface area (Å²) in [7, 11) is 0. The smallest absolute Gasteiger partial charge is 0.367 e. The number of hydrogen-bond donors (Lipinski definition) is 0. The number of rotatable bonds is 14. The predicted octanol–water partition coefficient (Wildman–Crippen LogP) is 13.5. The van der Waals surface area contributed by atoms with Gasteiger partial charge >= 0.3 is 35.1 Å². The number of carbonyl (C=O) groups excluding carboxylic acids is 6. The van der Waals surface area contributed by atoms with Crippen molar-refractivity contribution in [2.24, 2.45) is 0 Å². The third kappa shape index (κ3) is 10.2. The lowest BCUT2D eigenvalue weighted by Crippen LogP contribution is -2.52. The molecule has 0 spiro atoms.